The molecule has 0 amide bonds. The molecule has 5 nitrogen and oxygen atoms in total. The number of hydrogen-bond acceptors (Lipinski definition) is 4. The van der Waals surface area contributed by atoms with E-state index in [1.54, 1.807) is 0 Å². The molecule has 1 heterocycles. The topological polar surface area (TPSA) is 70.5 Å². The number of rotatable bonds is 4. The molecular formula is C11H14BrClN2O3S. The van der Waals surface area contributed by atoms with Crippen molar-refractivity contribution in [2.24, 2.45) is 5.92 Å². The number of aliphatic hydroxyl groups is 1. The van der Waals surface area contributed by atoms with Crippen molar-refractivity contribution in [1.29, 1.82) is 0 Å². The van der Waals surface area contributed by atoms with Gasteiger partial charge in [-0.2, -0.15) is 0 Å². The van der Waals surface area contributed by atoms with Crippen LogP contribution in [0, 0.1) is 5.92 Å². The van der Waals surface area contributed by atoms with Gasteiger partial charge in [0.15, 0.2) is 0 Å². The Hall–Kier alpha value is -0.210. The molecule has 1 aliphatic carbocycles. The van der Waals surface area contributed by atoms with Crippen molar-refractivity contribution in [3.8, 4) is 0 Å². The van der Waals surface area contributed by atoms with Gasteiger partial charge in [-0.05, 0) is 40.8 Å². The summed E-state index contributed by atoms with van der Waals surface area (Å²) in [6, 6.07) is 1.44. The monoisotopic (exact) mass is 368 g/mol. The molecule has 0 aliphatic heterocycles. The Balaban J connectivity index is 2.19. The average molecular weight is 370 g/mol. The largest absolute Gasteiger partial charge is 0.393 e. The third-order valence-electron chi connectivity index (χ3n) is 3.19. The Bertz CT molecular complexity index is 575. The van der Waals surface area contributed by atoms with Crippen LogP contribution in [0.1, 0.15) is 12.8 Å². The van der Waals surface area contributed by atoms with Crippen LogP contribution in [-0.2, 0) is 10.0 Å². The Labute approximate surface area is 125 Å². The molecule has 1 aromatic rings. The van der Waals surface area contributed by atoms with Gasteiger partial charge >= 0.3 is 0 Å². The fourth-order valence-electron chi connectivity index (χ4n) is 2.06. The van der Waals surface area contributed by atoms with Crippen LogP contribution in [0.2, 0.25) is 5.15 Å². The lowest BCUT2D eigenvalue weighted by atomic mass is 9.82. The minimum absolute atomic E-state index is 0.00841. The van der Waals surface area contributed by atoms with Crippen molar-refractivity contribution >= 4 is 37.6 Å². The van der Waals surface area contributed by atoms with E-state index < -0.39 is 10.0 Å². The van der Waals surface area contributed by atoms with E-state index in [0.29, 0.717) is 23.9 Å². The van der Waals surface area contributed by atoms with Crippen molar-refractivity contribution in [2.45, 2.75) is 23.8 Å². The summed E-state index contributed by atoms with van der Waals surface area (Å²) in [7, 11) is -2.14. The molecule has 8 heteroatoms. The number of halogens is 2. The predicted octanol–water partition coefficient (Wildman–Crippen LogP) is 1.89. The zero-order valence-electron chi connectivity index (χ0n) is 10.3. The minimum atomic E-state index is -3.65. The summed E-state index contributed by atoms with van der Waals surface area (Å²) in [6.45, 7) is 0.377. The number of aliphatic hydroxyl groups excluding tert-OH is 1. The van der Waals surface area contributed by atoms with E-state index in [1.165, 1.54) is 23.6 Å². The second-order valence-electron chi connectivity index (χ2n) is 4.72. The van der Waals surface area contributed by atoms with E-state index in [0.717, 1.165) is 0 Å². The second-order valence-corrected chi connectivity index (χ2v) is 8.01. The molecule has 2 rings (SSSR count). The van der Waals surface area contributed by atoms with Gasteiger partial charge in [-0.1, -0.05) is 11.6 Å². The smallest absolute Gasteiger partial charge is 0.245 e. The van der Waals surface area contributed by atoms with Crippen molar-refractivity contribution in [3.05, 3.63) is 21.9 Å². The lowest BCUT2D eigenvalue weighted by molar-refractivity contribution is 0.0367. The lowest BCUT2D eigenvalue weighted by Crippen LogP contribution is -2.39. The van der Waals surface area contributed by atoms with Crippen LogP contribution < -0.4 is 0 Å². The fourth-order valence-corrected chi connectivity index (χ4v) is 4.23. The summed E-state index contributed by atoms with van der Waals surface area (Å²) < 4.78 is 26.6. The zero-order valence-corrected chi connectivity index (χ0v) is 13.4. The van der Waals surface area contributed by atoms with E-state index >= 15 is 0 Å². The molecule has 0 saturated heterocycles. The molecule has 1 aromatic heterocycles. The summed E-state index contributed by atoms with van der Waals surface area (Å²) in [6.07, 6.45) is 2.44. The molecule has 1 N–H and O–H groups in total. The van der Waals surface area contributed by atoms with Gasteiger partial charge in [0, 0.05) is 24.3 Å². The molecule has 0 bridgehead atoms. The van der Waals surface area contributed by atoms with Crippen LogP contribution in [0.5, 0.6) is 0 Å². The van der Waals surface area contributed by atoms with Crippen LogP contribution in [-0.4, -0.2) is 42.5 Å². The second kappa shape index (κ2) is 5.65. The maximum atomic E-state index is 12.4. The van der Waals surface area contributed by atoms with Gasteiger partial charge in [-0.15, -0.1) is 0 Å². The average Bonchev–Trinajstić information content (AvgIpc) is 2.30. The summed E-state index contributed by atoms with van der Waals surface area (Å²) in [5, 5.41) is 9.19. The highest BCUT2D eigenvalue weighted by atomic mass is 79.9. The fraction of sp³-hybridized carbons (Fsp3) is 0.545. The van der Waals surface area contributed by atoms with E-state index in [-0.39, 0.29) is 22.1 Å². The summed E-state index contributed by atoms with van der Waals surface area (Å²) in [4.78, 5) is 3.82. The summed E-state index contributed by atoms with van der Waals surface area (Å²) in [5.41, 5.74) is 0. The van der Waals surface area contributed by atoms with E-state index in [1.807, 2.05) is 0 Å². The van der Waals surface area contributed by atoms with Crippen LogP contribution in [0.25, 0.3) is 0 Å². The highest BCUT2D eigenvalue weighted by Gasteiger charge is 2.32. The Morgan fingerprint density at radius 3 is 2.79 bits per heavy atom. The Morgan fingerprint density at radius 1 is 1.58 bits per heavy atom. The number of aromatic nitrogens is 1. The molecule has 1 aliphatic rings. The molecular weight excluding hydrogens is 356 g/mol. The van der Waals surface area contributed by atoms with Gasteiger partial charge < -0.3 is 5.11 Å². The van der Waals surface area contributed by atoms with Crippen LogP contribution in [0.3, 0.4) is 0 Å². The SMILES string of the molecule is CN(CC1CC(O)C1)S(=O)(=O)c1cc(Br)cnc1Cl. The maximum absolute atomic E-state index is 12.4. The van der Waals surface area contributed by atoms with Gasteiger partial charge in [0.25, 0.3) is 0 Å². The van der Waals surface area contributed by atoms with Gasteiger partial charge in [-0.3, -0.25) is 0 Å². The van der Waals surface area contributed by atoms with Crippen molar-refractivity contribution in [3.63, 3.8) is 0 Å². The first kappa shape index (κ1) is 15.2. The van der Waals surface area contributed by atoms with Crippen LogP contribution in [0.15, 0.2) is 21.6 Å². The molecule has 106 valence electrons. The summed E-state index contributed by atoms with van der Waals surface area (Å²) in [5.74, 6) is 0.202. The van der Waals surface area contributed by atoms with Gasteiger partial charge in [0.1, 0.15) is 10.0 Å². The predicted molar refractivity (Wildman–Crippen MR) is 75.5 cm³/mol. The third-order valence-corrected chi connectivity index (χ3v) is 5.87. The standard InChI is InChI=1S/C11H14BrClN2O3S/c1-15(6-7-2-9(16)3-7)19(17,18)10-4-8(12)5-14-11(10)13/h4-5,7,9,16H,2-3,6H2,1H3. The molecule has 1 saturated carbocycles. The van der Waals surface area contributed by atoms with Crippen molar-refractivity contribution in [2.75, 3.05) is 13.6 Å². The quantitative estimate of drug-likeness (QED) is 0.823. The molecule has 0 unspecified atom stereocenters. The molecule has 0 radical (unpaired) electrons. The lowest BCUT2D eigenvalue weighted by Gasteiger charge is -2.34. The molecule has 19 heavy (non-hydrogen) atoms. The van der Waals surface area contributed by atoms with Crippen LogP contribution in [0.4, 0.5) is 0 Å². The third kappa shape index (κ3) is 3.28. The number of pyridine rings is 1. The molecule has 1 fully saturated rings. The first-order valence-electron chi connectivity index (χ1n) is 5.76. The van der Waals surface area contributed by atoms with E-state index in [4.69, 9.17) is 11.6 Å². The Morgan fingerprint density at radius 2 is 2.21 bits per heavy atom. The van der Waals surface area contributed by atoms with Gasteiger partial charge in [0.2, 0.25) is 10.0 Å². The summed E-state index contributed by atoms with van der Waals surface area (Å²) >= 11 is 9.04. The zero-order chi connectivity index (χ0) is 14.2. The number of sulfonamides is 1. The molecule has 0 aromatic carbocycles. The molecule has 0 spiro atoms. The van der Waals surface area contributed by atoms with E-state index in [9.17, 15) is 13.5 Å². The van der Waals surface area contributed by atoms with Crippen LogP contribution >= 0.6 is 27.5 Å². The normalized spacial score (nSPS) is 23.4. The van der Waals surface area contributed by atoms with Crippen molar-refractivity contribution < 1.29 is 13.5 Å². The minimum Gasteiger partial charge on any atom is -0.393 e. The highest BCUT2D eigenvalue weighted by Crippen LogP contribution is 2.30. The van der Waals surface area contributed by atoms with Crippen molar-refractivity contribution in [1.82, 2.24) is 9.29 Å². The highest BCUT2D eigenvalue weighted by molar-refractivity contribution is 9.10. The number of nitrogens with zero attached hydrogens (tertiary/aromatic N) is 2. The molecule has 0 atom stereocenters. The maximum Gasteiger partial charge on any atom is 0.245 e. The van der Waals surface area contributed by atoms with Gasteiger partial charge in [0.05, 0.1) is 6.10 Å². The Kier molecular flexibility index (Phi) is 4.52. The first-order chi connectivity index (χ1) is 8.80. The van der Waals surface area contributed by atoms with E-state index in [2.05, 4.69) is 20.9 Å². The first-order valence-corrected chi connectivity index (χ1v) is 8.37. The van der Waals surface area contributed by atoms with Gasteiger partial charge in [-0.25, -0.2) is 17.7 Å². The number of hydrogen-bond donors (Lipinski definition) is 1.